The largest absolute Gasteiger partial charge is 0.460 e. The molecule has 0 radical (unpaired) electrons. The minimum Gasteiger partial charge on any atom is -0.460 e. The zero-order valence-corrected chi connectivity index (χ0v) is 25.0. The van der Waals surface area contributed by atoms with E-state index in [-0.39, 0.29) is 35.1 Å². The predicted molar refractivity (Wildman–Crippen MR) is 159 cm³/mol. The van der Waals surface area contributed by atoms with Crippen LogP contribution in [0.15, 0.2) is 36.5 Å². The molecule has 42 heavy (non-hydrogen) atoms. The first-order valence-corrected chi connectivity index (χ1v) is 15.3. The molecule has 1 aromatic heterocycles. The number of Topliss-reactive ketones (excluding diaryl/α,β-unsaturated/α-hetero) is 1. The third-order valence-corrected chi connectivity index (χ3v) is 8.84. The highest BCUT2D eigenvalue weighted by atomic mass is 19.1. The van der Waals surface area contributed by atoms with Crippen LogP contribution in [-0.2, 0) is 9.53 Å². The Labute approximate surface area is 247 Å². The summed E-state index contributed by atoms with van der Waals surface area (Å²) in [6.07, 6.45) is 7.40. The van der Waals surface area contributed by atoms with Crippen molar-refractivity contribution >= 4 is 29.2 Å². The molecule has 4 aliphatic rings. The molecular weight excluding hydrogens is 535 g/mol. The summed E-state index contributed by atoms with van der Waals surface area (Å²) < 4.78 is 19.7. The summed E-state index contributed by atoms with van der Waals surface area (Å²) in [6.45, 7) is 8.86. The Kier molecular flexibility index (Phi) is 9.25. The van der Waals surface area contributed by atoms with Gasteiger partial charge in [0.1, 0.15) is 17.2 Å². The fourth-order valence-electron chi connectivity index (χ4n) is 6.69. The molecule has 1 unspecified atom stereocenters. The summed E-state index contributed by atoms with van der Waals surface area (Å²) in [7, 11) is 0. The van der Waals surface area contributed by atoms with Gasteiger partial charge in [0.25, 0.3) is 5.91 Å². The third-order valence-electron chi connectivity index (χ3n) is 8.84. The van der Waals surface area contributed by atoms with Gasteiger partial charge in [-0.1, -0.05) is 12.1 Å². The Balaban J connectivity index is 1.18. The van der Waals surface area contributed by atoms with Gasteiger partial charge in [0.05, 0.1) is 11.8 Å². The van der Waals surface area contributed by atoms with Gasteiger partial charge in [-0.25, -0.2) is 9.37 Å². The first-order valence-electron chi connectivity index (χ1n) is 15.3. The molecule has 2 bridgehead atoms. The number of hydrogen-bond acceptors (Lipinski definition) is 7. The van der Waals surface area contributed by atoms with Crippen LogP contribution in [0.4, 0.5) is 15.9 Å². The zero-order chi connectivity index (χ0) is 29.9. The predicted octanol–water partition coefficient (Wildman–Crippen LogP) is 5.90. The average molecular weight is 579 g/mol. The zero-order valence-electron chi connectivity index (χ0n) is 25.0. The van der Waals surface area contributed by atoms with E-state index in [4.69, 9.17) is 4.74 Å². The maximum Gasteiger partial charge on any atom is 0.306 e. The van der Waals surface area contributed by atoms with Crippen LogP contribution < -0.4 is 10.6 Å². The summed E-state index contributed by atoms with van der Waals surface area (Å²) in [4.78, 5) is 45.3. The number of fused-ring (bicyclic) bond motifs is 3. The van der Waals surface area contributed by atoms with Gasteiger partial charge in [-0.3, -0.25) is 14.4 Å². The lowest BCUT2D eigenvalue weighted by atomic mass is 9.76. The van der Waals surface area contributed by atoms with E-state index in [2.05, 4.69) is 20.5 Å². The van der Waals surface area contributed by atoms with E-state index in [1.165, 1.54) is 18.9 Å². The number of esters is 1. The number of rotatable bonds is 9. The van der Waals surface area contributed by atoms with E-state index >= 15 is 0 Å². The molecule has 226 valence electrons. The van der Waals surface area contributed by atoms with Crippen LogP contribution >= 0.6 is 0 Å². The molecule has 3 aliphatic heterocycles. The number of ether oxygens (including phenoxy) is 1. The normalized spacial score (nSPS) is 25.5. The average Bonchev–Trinajstić information content (AvgIpc) is 2.95. The Hall–Kier alpha value is -3.33. The number of ketones is 1. The number of nitrogens with one attached hydrogen (secondary N) is 2. The summed E-state index contributed by atoms with van der Waals surface area (Å²) in [5.74, 6) is 0.396. The molecule has 2 aromatic rings. The number of amides is 1. The Morgan fingerprint density at radius 2 is 1.76 bits per heavy atom. The molecule has 1 saturated carbocycles. The number of piperidine rings is 3. The van der Waals surface area contributed by atoms with Crippen LogP contribution in [0.25, 0.3) is 0 Å². The monoisotopic (exact) mass is 578 g/mol. The van der Waals surface area contributed by atoms with Crippen LogP contribution in [0.3, 0.4) is 0 Å². The van der Waals surface area contributed by atoms with Crippen LogP contribution in [0.5, 0.6) is 0 Å². The standard InChI is InChI=1S/C33H43FN4O4/c1-33(2,3)42-30(40)15-21-7-9-26(10-8-21)37-32(41)28-18-25(34)19-35-31(28)36-27-6-4-5-23(16-27)29(39)17-24-20-38-13-11-22(24)12-14-38/h4-6,16,18-19,21-22,24,26H,7-15,17,20H2,1-3H3,(H,35,36)(H,37,41). The van der Waals surface area contributed by atoms with Gasteiger partial charge < -0.3 is 20.3 Å². The first kappa shape index (κ1) is 30.1. The number of halogens is 1. The van der Waals surface area contributed by atoms with Crippen LogP contribution in [0, 0.1) is 23.6 Å². The topological polar surface area (TPSA) is 101 Å². The molecule has 1 aliphatic carbocycles. The van der Waals surface area contributed by atoms with E-state index < -0.39 is 17.3 Å². The molecular formula is C33H43FN4O4. The smallest absolute Gasteiger partial charge is 0.306 e. The Morgan fingerprint density at radius 3 is 2.43 bits per heavy atom. The number of anilines is 2. The van der Waals surface area contributed by atoms with Crippen molar-refractivity contribution in [3.8, 4) is 0 Å². The van der Waals surface area contributed by atoms with E-state index in [1.54, 1.807) is 6.07 Å². The van der Waals surface area contributed by atoms with Crippen LogP contribution in [0.2, 0.25) is 0 Å². The SMILES string of the molecule is CC(C)(C)OC(=O)CC1CCC(NC(=O)c2cc(F)cnc2Nc2cccc(C(=O)CC3CN4CCC3CC4)c2)CC1. The summed E-state index contributed by atoms with van der Waals surface area (Å²) in [5, 5.41) is 6.17. The van der Waals surface area contributed by atoms with Crippen LogP contribution in [0.1, 0.15) is 92.9 Å². The van der Waals surface area contributed by atoms with E-state index in [0.717, 1.165) is 51.5 Å². The second-order valence-corrected chi connectivity index (χ2v) is 13.3. The molecule has 1 atom stereocenters. The molecule has 8 nitrogen and oxygen atoms in total. The van der Waals surface area contributed by atoms with E-state index in [0.29, 0.717) is 35.9 Å². The van der Waals surface area contributed by atoms with Crippen molar-refractivity contribution in [3.63, 3.8) is 0 Å². The molecule has 9 heteroatoms. The number of nitrogens with zero attached hydrogens (tertiary/aromatic N) is 2. The second-order valence-electron chi connectivity index (χ2n) is 13.3. The summed E-state index contributed by atoms with van der Waals surface area (Å²) >= 11 is 0. The lowest BCUT2D eigenvalue weighted by molar-refractivity contribution is -0.156. The molecule has 4 heterocycles. The lowest BCUT2D eigenvalue weighted by Crippen LogP contribution is -2.47. The van der Waals surface area contributed by atoms with Crippen molar-refractivity contribution in [2.75, 3.05) is 25.0 Å². The molecule has 2 N–H and O–H groups in total. The molecule has 4 fully saturated rings. The van der Waals surface area contributed by atoms with Crippen molar-refractivity contribution in [3.05, 3.63) is 53.5 Å². The molecule has 1 aromatic carbocycles. The van der Waals surface area contributed by atoms with Crippen molar-refractivity contribution in [1.29, 1.82) is 0 Å². The number of carbonyl (C=O) groups is 3. The summed E-state index contributed by atoms with van der Waals surface area (Å²) in [5.41, 5.74) is 0.838. The van der Waals surface area contributed by atoms with Gasteiger partial charge in [-0.15, -0.1) is 0 Å². The van der Waals surface area contributed by atoms with Gasteiger partial charge in [0.15, 0.2) is 5.78 Å². The number of aromatic nitrogens is 1. The second kappa shape index (κ2) is 12.9. The van der Waals surface area contributed by atoms with Gasteiger partial charge in [-0.2, -0.15) is 0 Å². The lowest BCUT2D eigenvalue weighted by Gasteiger charge is -2.44. The van der Waals surface area contributed by atoms with Crippen molar-refractivity contribution in [2.45, 2.75) is 83.8 Å². The Morgan fingerprint density at radius 1 is 1.02 bits per heavy atom. The first-order chi connectivity index (χ1) is 20.0. The van der Waals surface area contributed by atoms with Crippen molar-refractivity contribution < 1.29 is 23.5 Å². The Bertz CT molecular complexity index is 1290. The number of hydrogen-bond donors (Lipinski definition) is 2. The van der Waals surface area contributed by atoms with Gasteiger partial charge >= 0.3 is 5.97 Å². The van der Waals surface area contributed by atoms with E-state index in [1.807, 2.05) is 39.0 Å². The minimum atomic E-state index is -0.604. The molecule has 0 spiro atoms. The van der Waals surface area contributed by atoms with Gasteiger partial charge in [0, 0.05) is 36.7 Å². The van der Waals surface area contributed by atoms with Crippen LogP contribution in [-0.4, -0.2) is 58.8 Å². The maximum absolute atomic E-state index is 14.2. The minimum absolute atomic E-state index is 0.0733. The highest BCUT2D eigenvalue weighted by Gasteiger charge is 2.35. The van der Waals surface area contributed by atoms with Gasteiger partial charge in [-0.05, 0) is 108 Å². The quantitative estimate of drug-likeness (QED) is 0.282. The highest BCUT2D eigenvalue weighted by molar-refractivity contribution is 6.00. The third kappa shape index (κ3) is 7.94. The number of pyridine rings is 1. The molecule has 6 rings (SSSR count). The van der Waals surface area contributed by atoms with Crippen molar-refractivity contribution in [2.24, 2.45) is 17.8 Å². The molecule has 3 saturated heterocycles. The molecule has 1 amide bonds. The fraction of sp³-hybridized carbons (Fsp3) is 0.576. The number of carbonyl (C=O) groups excluding carboxylic acids is 3. The fourth-order valence-corrected chi connectivity index (χ4v) is 6.69. The van der Waals surface area contributed by atoms with E-state index in [9.17, 15) is 18.8 Å². The highest BCUT2D eigenvalue weighted by Crippen LogP contribution is 2.35. The van der Waals surface area contributed by atoms with Crippen molar-refractivity contribution in [1.82, 2.24) is 15.2 Å². The summed E-state index contributed by atoms with van der Waals surface area (Å²) in [6, 6.07) is 8.33. The van der Waals surface area contributed by atoms with Gasteiger partial charge in [0.2, 0.25) is 0 Å². The maximum atomic E-state index is 14.2. The number of benzene rings is 1.